The van der Waals surface area contributed by atoms with Crippen LogP contribution in [0.5, 0.6) is 0 Å². The second-order valence-corrected chi connectivity index (χ2v) is 5.74. The Labute approximate surface area is 121 Å². The molecule has 0 aliphatic carbocycles. The van der Waals surface area contributed by atoms with Crippen LogP contribution in [0.2, 0.25) is 0 Å². The van der Waals surface area contributed by atoms with Crippen LogP contribution < -0.4 is 10.6 Å². The van der Waals surface area contributed by atoms with E-state index in [0.717, 1.165) is 6.54 Å². The summed E-state index contributed by atoms with van der Waals surface area (Å²) in [6, 6.07) is 1.84. The average Bonchev–Trinajstić information content (AvgIpc) is 3.17. The first-order chi connectivity index (χ1) is 9.85. The summed E-state index contributed by atoms with van der Waals surface area (Å²) in [4.78, 5) is 13.0. The molecular formula is C12H17N7S. The quantitative estimate of drug-likeness (QED) is 0.858. The fourth-order valence-electron chi connectivity index (χ4n) is 2.03. The van der Waals surface area contributed by atoms with Crippen molar-refractivity contribution in [2.75, 3.05) is 35.7 Å². The molecule has 1 atom stereocenters. The topological polar surface area (TPSA) is 80.5 Å². The van der Waals surface area contributed by atoms with E-state index in [0.29, 0.717) is 23.8 Å². The molecule has 2 aromatic heterocycles. The molecule has 0 radical (unpaired) electrons. The monoisotopic (exact) mass is 291 g/mol. The van der Waals surface area contributed by atoms with Gasteiger partial charge >= 0.3 is 0 Å². The smallest absolute Gasteiger partial charge is 0.257 e. The molecule has 106 valence electrons. The Kier molecular flexibility index (Phi) is 4.00. The van der Waals surface area contributed by atoms with Crippen LogP contribution in [0.25, 0.3) is 5.95 Å². The summed E-state index contributed by atoms with van der Waals surface area (Å²) < 4.78 is 1.62. The predicted molar refractivity (Wildman–Crippen MR) is 80.4 cm³/mol. The van der Waals surface area contributed by atoms with Gasteiger partial charge in [-0.2, -0.15) is 31.8 Å². The lowest BCUT2D eigenvalue weighted by molar-refractivity contribution is 0.628. The SMILES string of the molecule is CNc1nc(NCC2CCSC2)nc(-n2cccn2)n1. The first kappa shape index (κ1) is 13.2. The number of rotatable bonds is 5. The highest BCUT2D eigenvalue weighted by molar-refractivity contribution is 7.99. The highest BCUT2D eigenvalue weighted by Gasteiger charge is 2.16. The molecule has 3 rings (SSSR count). The van der Waals surface area contributed by atoms with E-state index in [1.165, 1.54) is 17.9 Å². The number of anilines is 2. The molecule has 0 spiro atoms. The normalized spacial score (nSPS) is 18.1. The van der Waals surface area contributed by atoms with Crippen LogP contribution in [0.3, 0.4) is 0 Å². The second-order valence-electron chi connectivity index (χ2n) is 4.59. The molecule has 0 amide bonds. The third-order valence-electron chi connectivity index (χ3n) is 3.13. The van der Waals surface area contributed by atoms with Crippen molar-refractivity contribution in [1.29, 1.82) is 0 Å². The highest BCUT2D eigenvalue weighted by Crippen LogP contribution is 2.23. The van der Waals surface area contributed by atoms with Crippen molar-refractivity contribution in [2.24, 2.45) is 5.92 Å². The van der Waals surface area contributed by atoms with Crippen molar-refractivity contribution < 1.29 is 0 Å². The Morgan fingerprint density at radius 3 is 2.95 bits per heavy atom. The van der Waals surface area contributed by atoms with Gasteiger partial charge in [0.15, 0.2) is 0 Å². The highest BCUT2D eigenvalue weighted by atomic mass is 32.2. The fraction of sp³-hybridized carbons (Fsp3) is 0.500. The van der Waals surface area contributed by atoms with Crippen molar-refractivity contribution in [1.82, 2.24) is 24.7 Å². The lowest BCUT2D eigenvalue weighted by Crippen LogP contribution is -2.17. The molecule has 1 aliphatic rings. The van der Waals surface area contributed by atoms with Crippen molar-refractivity contribution in [3.63, 3.8) is 0 Å². The summed E-state index contributed by atoms with van der Waals surface area (Å²) in [7, 11) is 1.79. The molecule has 3 heterocycles. The van der Waals surface area contributed by atoms with E-state index in [1.54, 1.807) is 17.9 Å². The lowest BCUT2D eigenvalue weighted by atomic mass is 10.1. The molecule has 0 aromatic carbocycles. The van der Waals surface area contributed by atoms with Crippen LogP contribution in [-0.4, -0.2) is 49.8 Å². The Morgan fingerprint density at radius 1 is 1.35 bits per heavy atom. The molecule has 0 bridgehead atoms. The zero-order chi connectivity index (χ0) is 13.8. The molecule has 1 saturated heterocycles. The number of hydrogen-bond donors (Lipinski definition) is 2. The third kappa shape index (κ3) is 3.01. The van der Waals surface area contributed by atoms with Crippen molar-refractivity contribution in [2.45, 2.75) is 6.42 Å². The molecule has 1 fully saturated rings. The number of nitrogens with zero attached hydrogens (tertiary/aromatic N) is 5. The van der Waals surface area contributed by atoms with Crippen molar-refractivity contribution in [3.8, 4) is 5.95 Å². The van der Waals surface area contributed by atoms with Crippen LogP contribution in [0.15, 0.2) is 18.5 Å². The van der Waals surface area contributed by atoms with Crippen LogP contribution in [0.1, 0.15) is 6.42 Å². The molecule has 8 heteroatoms. The molecule has 20 heavy (non-hydrogen) atoms. The maximum absolute atomic E-state index is 4.41. The standard InChI is InChI=1S/C12H17N7S/c1-13-10-16-11(14-7-9-3-6-20-8-9)18-12(17-10)19-5-2-4-15-19/h2,4-5,9H,3,6-8H2,1H3,(H2,13,14,16,17,18). The maximum Gasteiger partial charge on any atom is 0.257 e. The number of aromatic nitrogens is 5. The number of nitrogens with one attached hydrogen (secondary N) is 2. The van der Waals surface area contributed by atoms with Gasteiger partial charge in [0.1, 0.15) is 0 Å². The molecule has 1 aliphatic heterocycles. The second kappa shape index (κ2) is 6.08. The molecule has 2 N–H and O–H groups in total. The first-order valence-corrected chi connectivity index (χ1v) is 7.76. The zero-order valence-corrected chi connectivity index (χ0v) is 12.1. The largest absolute Gasteiger partial charge is 0.357 e. The summed E-state index contributed by atoms with van der Waals surface area (Å²) >= 11 is 2.01. The molecular weight excluding hydrogens is 274 g/mol. The predicted octanol–water partition coefficient (Wildman–Crippen LogP) is 1.26. The first-order valence-electron chi connectivity index (χ1n) is 6.60. The van der Waals surface area contributed by atoms with Crippen LogP contribution in [0, 0.1) is 5.92 Å². The van der Waals surface area contributed by atoms with Gasteiger partial charge in [-0.05, 0) is 29.9 Å². The Morgan fingerprint density at radius 2 is 2.25 bits per heavy atom. The van der Waals surface area contributed by atoms with E-state index in [9.17, 15) is 0 Å². The molecule has 7 nitrogen and oxygen atoms in total. The number of thioether (sulfide) groups is 1. The van der Waals surface area contributed by atoms with Crippen LogP contribution in [-0.2, 0) is 0 Å². The lowest BCUT2D eigenvalue weighted by Gasteiger charge is -2.11. The Balaban J connectivity index is 1.77. The Bertz CT molecular complexity index is 551. The van der Waals surface area contributed by atoms with Gasteiger partial charge in [0, 0.05) is 26.0 Å². The van der Waals surface area contributed by atoms with Gasteiger partial charge < -0.3 is 10.6 Å². The van der Waals surface area contributed by atoms with Crippen LogP contribution in [0.4, 0.5) is 11.9 Å². The van der Waals surface area contributed by atoms with Crippen molar-refractivity contribution in [3.05, 3.63) is 18.5 Å². The Hall–Kier alpha value is -1.83. The van der Waals surface area contributed by atoms with E-state index in [2.05, 4.69) is 30.7 Å². The summed E-state index contributed by atoms with van der Waals surface area (Å²) in [5, 5.41) is 10.4. The van der Waals surface area contributed by atoms with Gasteiger partial charge in [-0.15, -0.1) is 0 Å². The summed E-state index contributed by atoms with van der Waals surface area (Å²) in [6.45, 7) is 0.902. The summed E-state index contributed by atoms with van der Waals surface area (Å²) in [6.07, 6.45) is 4.77. The van der Waals surface area contributed by atoms with E-state index in [4.69, 9.17) is 0 Å². The number of hydrogen-bond acceptors (Lipinski definition) is 7. The molecule has 2 aromatic rings. The van der Waals surface area contributed by atoms with Gasteiger partial charge in [-0.3, -0.25) is 0 Å². The van der Waals surface area contributed by atoms with E-state index in [-0.39, 0.29) is 0 Å². The van der Waals surface area contributed by atoms with Gasteiger partial charge in [-0.25, -0.2) is 4.68 Å². The third-order valence-corrected chi connectivity index (χ3v) is 4.36. The van der Waals surface area contributed by atoms with E-state index >= 15 is 0 Å². The van der Waals surface area contributed by atoms with Gasteiger partial charge in [0.25, 0.3) is 5.95 Å². The van der Waals surface area contributed by atoms with Gasteiger partial charge in [0.05, 0.1) is 0 Å². The zero-order valence-electron chi connectivity index (χ0n) is 11.3. The molecule has 1 unspecified atom stereocenters. The van der Waals surface area contributed by atoms with Gasteiger partial charge in [0.2, 0.25) is 11.9 Å². The average molecular weight is 291 g/mol. The van der Waals surface area contributed by atoms with E-state index in [1.807, 2.05) is 24.0 Å². The van der Waals surface area contributed by atoms with E-state index < -0.39 is 0 Å². The maximum atomic E-state index is 4.41. The molecule has 0 saturated carbocycles. The minimum absolute atomic E-state index is 0.512. The fourth-order valence-corrected chi connectivity index (χ4v) is 3.31. The minimum atomic E-state index is 0.512. The minimum Gasteiger partial charge on any atom is -0.357 e. The summed E-state index contributed by atoms with van der Waals surface area (Å²) in [5.74, 6) is 4.80. The van der Waals surface area contributed by atoms with Gasteiger partial charge in [-0.1, -0.05) is 0 Å². The summed E-state index contributed by atoms with van der Waals surface area (Å²) in [5.41, 5.74) is 0. The van der Waals surface area contributed by atoms with Crippen LogP contribution >= 0.6 is 11.8 Å². The van der Waals surface area contributed by atoms with Crippen molar-refractivity contribution >= 4 is 23.7 Å².